The average Bonchev–Trinajstić information content (AvgIpc) is 2.83. The number of benzene rings is 1. The molecule has 7 heteroatoms. The molecule has 20 heavy (non-hydrogen) atoms. The molecule has 2 rings (SSSR count). The van der Waals surface area contributed by atoms with Gasteiger partial charge in [-0.15, -0.1) is 11.3 Å². The van der Waals surface area contributed by atoms with E-state index in [0.717, 1.165) is 10.7 Å². The lowest BCUT2D eigenvalue weighted by molar-refractivity contribution is -0.385. The first-order chi connectivity index (χ1) is 9.51. The lowest BCUT2D eigenvalue weighted by Crippen LogP contribution is -2.16. The molecule has 1 aromatic heterocycles. The molecule has 0 N–H and O–H groups in total. The van der Waals surface area contributed by atoms with E-state index in [1.54, 1.807) is 17.4 Å². The number of aromatic nitrogens is 1. The number of hydrogen-bond donors (Lipinski definition) is 0. The number of anilines is 1. The number of hydrogen-bond acceptors (Lipinski definition) is 6. The van der Waals surface area contributed by atoms with Gasteiger partial charge in [-0.25, -0.2) is 4.98 Å². The highest BCUT2D eigenvalue weighted by Gasteiger charge is 2.16. The van der Waals surface area contributed by atoms with E-state index in [1.807, 2.05) is 30.3 Å². The Morgan fingerprint density at radius 1 is 1.55 bits per heavy atom. The predicted octanol–water partition coefficient (Wildman–Crippen LogP) is 2.87. The van der Waals surface area contributed by atoms with Gasteiger partial charge in [0.2, 0.25) is 0 Å². The highest BCUT2D eigenvalue weighted by Crippen LogP contribution is 2.25. The monoisotopic (exact) mass is 288 g/mol. The van der Waals surface area contributed by atoms with E-state index in [9.17, 15) is 10.1 Å². The van der Waals surface area contributed by atoms with Gasteiger partial charge in [0, 0.05) is 24.2 Å². The first kappa shape index (κ1) is 14.0. The Balaban J connectivity index is 2.26. The lowest BCUT2D eigenvalue weighted by atomic mass is 10.1. The van der Waals surface area contributed by atoms with E-state index in [2.05, 4.69) is 4.98 Å². The van der Waals surface area contributed by atoms with Crippen molar-refractivity contribution in [3.8, 4) is 6.07 Å². The molecule has 0 bridgehead atoms. The van der Waals surface area contributed by atoms with Crippen LogP contribution in [-0.2, 0) is 6.54 Å². The van der Waals surface area contributed by atoms with Crippen LogP contribution in [0, 0.1) is 28.4 Å². The zero-order valence-electron chi connectivity index (χ0n) is 11.0. The van der Waals surface area contributed by atoms with Crippen molar-refractivity contribution in [1.82, 2.24) is 4.98 Å². The van der Waals surface area contributed by atoms with Crippen LogP contribution in [0.3, 0.4) is 0 Å². The summed E-state index contributed by atoms with van der Waals surface area (Å²) >= 11 is 1.57. The molecule has 2 aromatic rings. The molecule has 6 nitrogen and oxygen atoms in total. The van der Waals surface area contributed by atoms with E-state index in [1.165, 1.54) is 12.1 Å². The fraction of sp³-hybridized carbons (Fsp3) is 0.231. The van der Waals surface area contributed by atoms with Gasteiger partial charge in [0.05, 0.1) is 22.2 Å². The predicted molar refractivity (Wildman–Crippen MR) is 76.8 cm³/mol. The fourth-order valence-electron chi connectivity index (χ4n) is 1.82. The third-order valence-electron chi connectivity index (χ3n) is 2.80. The summed E-state index contributed by atoms with van der Waals surface area (Å²) < 4.78 is 0. The summed E-state index contributed by atoms with van der Waals surface area (Å²) in [5.74, 6) is 0. The van der Waals surface area contributed by atoms with Gasteiger partial charge < -0.3 is 4.90 Å². The molecule has 0 spiro atoms. The molecule has 0 saturated carbocycles. The summed E-state index contributed by atoms with van der Waals surface area (Å²) in [5.41, 5.74) is 1.49. The number of nitro groups is 1. The quantitative estimate of drug-likeness (QED) is 0.638. The Morgan fingerprint density at radius 2 is 2.30 bits per heavy atom. The van der Waals surface area contributed by atoms with Crippen LogP contribution in [0.5, 0.6) is 0 Å². The first-order valence-electron chi connectivity index (χ1n) is 5.82. The molecular weight excluding hydrogens is 276 g/mol. The summed E-state index contributed by atoms with van der Waals surface area (Å²) in [6, 6.07) is 6.41. The Labute approximate surface area is 120 Å². The molecule has 0 fully saturated rings. The molecule has 1 aromatic carbocycles. The smallest absolute Gasteiger partial charge is 0.289 e. The van der Waals surface area contributed by atoms with Crippen molar-refractivity contribution in [2.24, 2.45) is 0 Å². The minimum atomic E-state index is -0.539. The van der Waals surface area contributed by atoms with E-state index in [0.29, 0.717) is 12.2 Å². The van der Waals surface area contributed by atoms with Crippen LogP contribution >= 0.6 is 11.3 Å². The molecule has 0 unspecified atom stereocenters. The van der Waals surface area contributed by atoms with Gasteiger partial charge in [-0.3, -0.25) is 10.1 Å². The summed E-state index contributed by atoms with van der Waals surface area (Å²) in [4.78, 5) is 16.6. The summed E-state index contributed by atoms with van der Waals surface area (Å²) in [5, 5.41) is 22.7. The van der Waals surface area contributed by atoms with Gasteiger partial charge in [0.1, 0.15) is 11.6 Å². The Hall–Kier alpha value is -2.46. The molecule has 0 radical (unpaired) electrons. The van der Waals surface area contributed by atoms with Crippen LogP contribution < -0.4 is 4.90 Å². The first-order valence-corrected chi connectivity index (χ1v) is 6.70. The maximum absolute atomic E-state index is 10.9. The summed E-state index contributed by atoms with van der Waals surface area (Å²) in [7, 11) is 1.83. The Kier molecular flexibility index (Phi) is 3.96. The van der Waals surface area contributed by atoms with Gasteiger partial charge in [-0.1, -0.05) is 0 Å². The van der Waals surface area contributed by atoms with Crippen LogP contribution in [-0.4, -0.2) is 17.0 Å². The summed E-state index contributed by atoms with van der Waals surface area (Å²) in [6.07, 6.45) is 0. The molecule has 0 aliphatic heterocycles. The number of nitro benzene ring substituents is 1. The number of nitriles is 1. The molecule has 0 saturated heterocycles. The zero-order valence-corrected chi connectivity index (χ0v) is 11.8. The minimum Gasteiger partial charge on any atom is -0.368 e. The molecular formula is C13H12N4O2S. The van der Waals surface area contributed by atoms with Crippen molar-refractivity contribution < 1.29 is 4.92 Å². The second-order valence-corrected chi connectivity index (χ2v) is 5.35. The Morgan fingerprint density at radius 3 is 2.85 bits per heavy atom. The van der Waals surface area contributed by atoms with Gasteiger partial charge >= 0.3 is 0 Å². The van der Waals surface area contributed by atoms with Gasteiger partial charge in [0.15, 0.2) is 0 Å². The standard InChI is InChI=1S/C13H12N4O2S/c1-9-15-11(8-20-9)7-16(2)12-4-3-10(6-14)13(5-12)17(18)19/h3-5,8H,7H2,1-2H3. The minimum absolute atomic E-state index is 0.0663. The van der Waals surface area contributed by atoms with Crippen molar-refractivity contribution in [2.45, 2.75) is 13.5 Å². The second kappa shape index (κ2) is 5.67. The molecule has 0 aliphatic rings. The van der Waals surface area contributed by atoms with Gasteiger partial charge in [-0.2, -0.15) is 5.26 Å². The molecule has 0 aliphatic carbocycles. The van der Waals surface area contributed by atoms with E-state index >= 15 is 0 Å². The highest BCUT2D eigenvalue weighted by atomic mass is 32.1. The third kappa shape index (κ3) is 2.92. The number of aryl methyl sites for hydroxylation is 1. The van der Waals surface area contributed by atoms with Crippen LogP contribution in [0.15, 0.2) is 23.6 Å². The molecule has 1 heterocycles. The van der Waals surface area contributed by atoms with Gasteiger partial charge in [0.25, 0.3) is 5.69 Å². The third-order valence-corrected chi connectivity index (χ3v) is 3.63. The number of thiazole rings is 1. The van der Waals surface area contributed by atoms with Crippen molar-refractivity contribution in [3.05, 3.63) is 50.0 Å². The highest BCUT2D eigenvalue weighted by molar-refractivity contribution is 7.09. The van der Waals surface area contributed by atoms with Crippen LogP contribution in [0.25, 0.3) is 0 Å². The molecule has 0 atom stereocenters. The number of nitrogens with zero attached hydrogens (tertiary/aromatic N) is 4. The largest absolute Gasteiger partial charge is 0.368 e. The lowest BCUT2D eigenvalue weighted by Gasteiger charge is -2.17. The molecule has 102 valence electrons. The van der Waals surface area contributed by atoms with Crippen LogP contribution in [0.4, 0.5) is 11.4 Å². The van der Waals surface area contributed by atoms with Crippen LogP contribution in [0.1, 0.15) is 16.3 Å². The topological polar surface area (TPSA) is 83.1 Å². The fourth-order valence-corrected chi connectivity index (χ4v) is 2.42. The molecule has 0 amide bonds. The number of rotatable bonds is 4. The van der Waals surface area contributed by atoms with E-state index in [4.69, 9.17) is 5.26 Å². The maximum Gasteiger partial charge on any atom is 0.289 e. The SMILES string of the molecule is Cc1nc(CN(C)c2ccc(C#N)c([N+](=O)[O-])c2)cs1. The average molecular weight is 288 g/mol. The zero-order chi connectivity index (χ0) is 14.7. The second-order valence-electron chi connectivity index (χ2n) is 4.28. The van der Waals surface area contributed by atoms with E-state index < -0.39 is 4.92 Å². The van der Waals surface area contributed by atoms with Gasteiger partial charge in [-0.05, 0) is 19.1 Å². The Bertz CT molecular complexity index is 690. The van der Waals surface area contributed by atoms with Crippen molar-refractivity contribution in [1.29, 1.82) is 5.26 Å². The maximum atomic E-state index is 10.9. The van der Waals surface area contributed by atoms with Crippen molar-refractivity contribution in [2.75, 3.05) is 11.9 Å². The van der Waals surface area contributed by atoms with E-state index in [-0.39, 0.29) is 11.3 Å². The summed E-state index contributed by atoms with van der Waals surface area (Å²) in [6.45, 7) is 2.49. The van der Waals surface area contributed by atoms with Crippen molar-refractivity contribution in [3.63, 3.8) is 0 Å². The normalized spacial score (nSPS) is 10.1. The van der Waals surface area contributed by atoms with Crippen LogP contribution in [0.2, 0.25) is 0 Å². The van der Waals surface area contributed by atoms with Crippen molar-refractivity contribution >= 4 is 22.7 Å².